The van der Waals surface area contributed by atoms with Gasteiger partial charge in [-0.1, -0.05) is 37.3 Å². The van der Waals surface area contributed by atoms with E-state index in [1.54, 1.807) is 16.4 Å². The average molecular weight is 369 g/mol. The second-order valence-electron chi connectivity index (χ2n) is 6.57. The highest BCUT2D eigenvalue weighted by atomic mass is 32.2. The van der Waals surface area contributed by atoms with Gasteiger partial charge < -0.3 is 5.32 Å². The first-order valence-electron chi connectivity index (χ1n) is 8.84. The quantitative estimate of drug-likeness (QED) is 0.879. The number of hydrogen-bond acceptors (Lipinski definition) is 4. The van der Waals surface area contributed by atoms with Gasteiger partial charge in [-0.2, -0.15) is 9.57 Å². The number of nitrogens with one attached hydrogen (secondary N) is 1. The highest BCUT2D eigenvalue weighted by Crippen LogP contribution is 2.27. The number of hydrogen-bond donors (Lipinski definition) is 1. The molecule has 2 aromatic rings. The molecule has 1 atom stereocenters. The van der Waals surface area contributed by atoms with Crippen molar-refractivity contribution < 1.29 is 8.42 Å². The number of anilines is 1. The Labute approximate surface area is 155 Å². The van der Waals surface area contributed by atoms with Crippen LogP contribution >= 0.6 is 0 Å². The first-order valence-corrected chi connectivity index (χ1v) is 10.4. The van der Waals surface area contributed by atoms with E-state index in [0.717, 1.165) is 16.8 Å². The van der Waals surface area contributed by atoms with Crippen molar-refractivity contribution in [3.05, 3.63) is 65.2 Å². The molecule has 0 saturated heterocycles. The second-order valence-corrected chi connectivity index (χ2v) is 8.61. The fourth-order valence-electron chi connectivity index (χ4n) is 3.35. The Bertz CT molecular complexity index is 904. The van der Waals surface area contributed by atoms with Crippen molar-refractivity contribution in [3.63, 3.8) is 0 Å². The van der Waals surface area contributed by atoms with Crippen LogP contribution < -0.4 is 5.32 Å². The molecular weight excluding hydrogens is 346 g/mol. The maximum absolute atomic E-state index is 12.9. The topological polar surface area (TPSA) is 73.2 Å². The molecule has 2 aromatic carbocycles. The summed E-state index contributed by atoms with van der Waals surface area (Å²) in [6, 6.07) is 17.3. The van der Waals surface area contributed by atoms with E-state index in [1.165, 1.54) is 0 Å². The Hall–Kier alpha value is -2.36. The van der Waals surface area contributed by atoms with Gasteiger partial charge in [0.15, 0.2) is 0 Å². The minimum atomic E-state index is -3.38. The third-order valence-corrected chi connectivity index (χ3v) is 6.70. The maximum atomic E-state index is 12.9. The van der Waals surface area contributed by atoms with Crippen LogP contribution in [0.1, 0.15) is 30.0 Å². The van der Waals surface area contributed by atoms with Crippen molar-refractivity contribution in [1.82, 2.24) is 4.31 Å². The van der Waals surface area contributed by atoms with Crippen LogP contribution in [-0.2, 0) is 23.0 Å². The number of sulfonamides is 1. The van der Waals surface area contributed by atoms with Gasteiger partial charge in [-0.25, -0.2) is 8.42 Å². The zero-order valence-electron chi connectivity index (χ0n) is 14.9. The molecule has 0 unspecified atom stereocenters. The Balaban J connectivity index is 1.97. The molecule has 0 bridgehead atoms. The lowest BCUT2D eigenvalue weighted by Gasteiger charge is -2.29. The zero-order chi connectivity index (χ0) is 18.6. The molecule has 0 fully saturated rings. The summed E-state index contributed by atoms with van der Waals surface area (Å²) in [4.78, 5) is 0. The molecule has 0 spiro atoms. The zero-order valence-corrected chi connectivity index (χ0v) is 15.7. The molecule has 136 valence electrons. The number of rotatable bonds is 5. The molecule has 26 heavy (non-hydrogen) atoms. The maximum Gasteiger partial charge on any atom is 0.214 e. The molecule has 0 amide bonds. The fraction of sp³-hybridized carbons (Fsp3) is 0.350. The molecule has 1 N–H and O–H groups in total. The predicted molar refractivity (Wildman–Crippen MR) is 103 cm³/mol. The van der Waals surface area contributed by atoms with Crippen molar-refractivity contribution in [2.75, 3.05) is 17.6 Å². The van der Waals surface area contributed by atoms with Crippen LogP contribution in [0.25, 0.3) is 0 Å². The summed E-state index contributed by atoms with van der Waals surface area (Å²) < 4.78 is 27.5. The first-order chi connectivity index (χ1) is 12.5. The van der Waals surface area contributed by atoms with E-state index in [9.17, 15) is 8.42 Å². The fourth-order valence-corrected chi connectivity index (χ4v) is 5.04. The summed E-state index contributed by atoms with van der Waals surface area (Å²) in [7, 11) is -3.38. The van der Waals surface area contributed by atoms with Gasteiger partial charge in [0.1, 0.15) is 0 Å². The third kappa shape index (κ3) is 4.06. The molecule has 1 aliphatic heterocycles. The average Bonchev–Trinajstić information content (AvgIpc) is 2.82. The normalized spacial score (nSPS) is 17.6. The van der Waals surface area contributed by atoms with Crippen LogP contribution in [0.15, 0.2) is 48.5 Å². The van der Waals surface area contributed by atoms with Gasteiger partial charge >= 0.3 is 0 Å². The summed E-state index contributed by atoms with van der Waals surface area (Å²) in [5, 5.41) is 12.5. The summed E-state index contributed by atoms with van der Waals surface area (Å²) in [5.74, 6) is 0.131. The van der Waals surface area contributed by atoms with E-state index >= 15 is 0 Å². The van der Waals surface area contributed by atoms with E-state index in [-0.39, 0.29) is 18.3 Å². The summed E-state index contributed by atoms with van der Waals surface area (Å²) >= 11 is 0. The number of benzene rings is 2. The van der Waals surface area contributed by atoms with Crippen molar-refractivity contribution >= 4 is 15.7 Å². The van der Waals surface area contributed by atoms with E-state index in [4.69, 9.17) is 5.26 Å². The summed E-state index contributed by atoms with van der Waals surface area (Å²) in [5.41, 5.74) is 3.40. The van der Waals surface area contributed by atoms with Crippen LogP contribution in [0.3, 0.4) is 0 Å². The lowest BCUT2D eigenvalue weighted by molar-refractivity contribution is 0.325. The Kier molecular flexibility index (Phi) is 5.60. The van der Waals surface area contributed by atoms with E-state index in [2.05, 4.69) is 11.4 Å². The number of nitriles is 1. The van der Waals surface area contributed by atoms with Crippen molar-refractivity contribution in [2.24, 2.45) is 0 Å². The molecule has 0 aromatic heterocycles. The molecule has 1 heterocycles. The van der Waals surface area contributed by atoms with Crippen LogP contribution in [0.4, 0.5) is 5.69 Å². The molecule has 0 aliphatic carbocycles. The minimum Gasteiger partial charge on any atom is -0.383 e. The van der Waals surface area contributed by atoms with Crippen LogP contribution in [0.2, 0.25) is 0 Å². The Morgan fingerprint density at radius 1 is 1.23 bits per heavy atom. The van der Waals surface area contributed by atoms with Crippen LogP contribution in [0, 0.1) is 11.3 Å². The monoisotopic (exact) mass is 369 g/mol. The van der Waals surface area contributed by atoms with Gasteiger partial charge in [0.05, 0.1) is 17.4 Å². The predicted octanol–water partition coefficient (Wildman–Crippen LogP) is 3.14. The van der Waals surface area contributed by atoms with Gasteiger partial charge in [-0.3, -0.25) is 0 Å². The highest BCUT2D eigenvalue weighted by Gasteiger charge is 2.32. The molecule has 6 heteroatoms. The number of fused-ring (bicyclic) bond motifs is 1. The van der Waals surface area contributed by atoms with E-state index in [1.807, 2.05) is 43.3 Å². The highest BCUT2D eigenvalue weighted by molar-refractivity contribution is 7.89. The van der Waals surface area contributed by atoms with Crippen molar-refractivity contribution in [2.45, 2.75) is 32.4 Å². The van der Waals surface area contributed by atoms with Gasteiger partial charge in [-0.05, 0) is 42.2 Å². The van der Waals surface area contributed by atoms with Gasteiger partial charge in [-0.15, -0.1) is 0 Å². The summed E-state index contributed by atoms with van der Waals surface area (Å²) in [6.45, 7) is 2.70. The molecule has 1 aliphatic rings. The third-order valence-electron chi connectivity index (χ3n) is 4.63. The minimum absolute atomic E-state index is 0.131. The Morgan fingerprint density at radius 2 is 2.00 bits per heavy atom. The molecular formula is C20H23N3O2S. The van der Waals surface area contributed by atoms with Crippen LogP contribution in [-0.4, -0.2) is 31.1 Å². The van der Waals surface area contributed by atoms with Gasteiger partial charge in [0, 0.05) is 24.8 Å². The van der Waals surface area contributed by atoms with Crippen LogP contribution in [0.5, 0.6) is 0 Å². The molecule has 0 radical (unpaired) electrons. The van der Waals surface area contributed by atoms with E-state index < -0.39 is 10.0 Å². The smallest absolute Gasteiger partial charge is 0.214 e. The van der Waals surface area contributed by atoms with E-state index in [0.29, 0.717) is 24.9 Å². The Morgan fingerprint density at radius 3 is 2.69 bits per heavy atom. The standard InChI is InChI=1S/C20H23N3O2S/c1-2-10-26(24,25)23-15-18-11-17(13-21)8-9-20(18)22-14-19(23)12-16-6-4-3-5-7-16/h3-9,11,19,22H,2,10,12,14-15H2,1H3/t19-/m1/s1. The largest absolute Gasteiger partial charge is 0.383 e. The van der Waals surface area contributed by atoms with Gasteiger partial charge in [0.25, 0.3) is 0 Å². The summed E-state index contributed by atoms with van der Waals surface area (Å²) in [6.07, 6.45) is 1.23. The molecule has 0 saturated carbocycles. The van der Waals surface area contributed by atoms with Crippen molar-refractivity contribution in [1.29, 1.82) is 5.26 Å². The molecule has 5 nitrogen and oxygen atoms in total. The lowest BCUT2D eigenvalue weighted by atomic mass is 10.1. The van der Waals surface area contributed by atoms with Crippen molar-refractivity contribution in [3.8, 4) is 6.07 Å². The molecule has 3 rings (SSSR count). The van der Waals surface area contributed by atoms with Gasteiger partial charge in [0.2, 0.25) is 10.0 Å². The first kappa shape index (κ1) is 18.4. The second kappa shape index (κ2) is 7.90. The SMILES string of the molecule is CCCS(=O)(=O)N1Cc2cc(C#N)ccc2NC[C@H]1Cc1ccccc1. The lowest BCUT2D eigenvalue weighted by Crippen LogP contribution is -2.44. The number of nitrogens with zero attached hydrogens (tertiary/aromatic N) is 2.